The van der Waals surface area contributed by atoms with Gasteiger partial charge in [-0.3, -0.25) is 14.9 Å². The van der Waals surface area contributed by atoms with Crippen molar-refractivity contribution < 1.29 is 9.72 Å². The first-order chi connectivity index (χ1) is 16.1. The van der Waals surface area contributed by atoms with Crippen LogP contribution >= 0.6 is 22.9 Å². The zero-order chi connectivity index (χ0) is 24.3. The number of fused-ring (bicyclic) bond motifs is 2. The van der Waals surface area contributed by atoms with Gasteiger partial charge in [0, 0.05) is 38.9 Å². The molecule has 5 rings (SSSR count). The van der Waals surface area contributed by atoms with E-state index in [-0.39, 0.29) is 17.0 Å². The molecule has 1 atom stereocenters. The third-order valence-corrected chi connectivity index (χ3v) is 8.41. The highest BCUT2D eigenvalue weighted by Crippen LogP contribution is 2.51. The van der Waals surface area contributed by atoms with Gasteiger partial charge in [0.2, 0.25) is 0 Å². The highest BCUT2D eigenvalue weighted by molar-refractivity contribution is 7.21. The Hall–Kier alpha value is -3.22. The average molecular weight is 491 g/mol. The van der Waals surface area contributed by atoms with Crippen molar-refractivity contribution in [2.24, 2.45) is 0 Å². The van der Waals surface area contributed by atoms with Gasteiger partial charge in [-0.1, -0.05) is 67.1 Å². The Bertz CT molecular complexity index is 1450. The second-order valence-electron chi connectivity index (χ2n) is 9.53. The van der Waals surface area contributed by atoms with Gasteiger partial charge in [-0.15, -0.1) is 11.3 Å². The lowest BCUT2D eigenvalue weighted by molar-refractivity contribution is -0.384. The van der Waals surface area contributed by atoms with Gasteiger partial charge in [-0.2, -0.15) is 0 Å². The maximum atomic E-state index is 14.1. The molecule has 0 fully saturated rings. The molecular weight excluding hydrogens is 468 g/mol. The van der Waals surface area contributed by atoms with Crippen LogP contribution in [0.4, 0.5) is 11.4 Å². The van der Waals surface area contributed by atoms with Crippen molar-refractivity contribution in [3.8, 4) is 0 Å². The van der Waals surface area contributed by atoms with Crippen LogP contribution in [0.2, 0.25) is 5.02 Å². The van der Waals surface area contributed by atoms with Gasteiger partial charge in [0.25, 0.3) is 11.6 Å². The van der Waals surface area contributed by atoms with Crippen molar-refractivity contribution in [3.63, 3.8) is 0 Å². The van der Waals surface area contributed by atoms with E-state index in [1.807, 2.05) is 41.3 Å². The van der Waals surface area contributed by atoms with Gasteiger partial charge in [-0.05, 0) is 43.5 Å². The third kappa shape index (κ3) is 3.40. The lowest BCUT2D eigenvalue weighted by atomic mass is 9.65. The fourth-order valence-electron chi connectivity index (χ4n) is 5.36. The number of anilines is 1. The van der Waals surface area contributed by atoms with Crippen LogP contribution in [0.5, 0.6) is 0 Å². The summed E-state index contributed by atoms with van der Waals surface area (Å²) in [5.41, 5.74) is 2.34. The zero-order valence-electron chi connectivity index (χ0n) is 19.0. The van der Waals surface area contributed by atoms with Gasteiger partial charge in [0.15, 0.2) is 0 Å². The van der Waals surface area contributed by atoms with Crippen LogP contribution in [0.1, 0.15) is 48.0 Å². The number of carbonyl (C=O) groups is 1. The van der Waals surface area contributed by atoms with Gasteiger partial charge in [-0.25, -0.2) is 0 Å². The van der Waals surface area contributed by atoms with Crippen molar-refractivity contribution in [3.05, 3.63) is 104 Å². The molecule has 0 N–H and O–H groups in total. The quantitative estimate of drug-likeness (QED) is 0.219. The molecule has 172 valence electrons. The molecule has 1 amide bonds. The Labute approximate surface area is 206 Å². The number of nitrogens with zero attached hydrogens (tertiary/aromatic N) is 2. The van der Waals surface area contributed by atoms with E-state index >= 15 is 0 Å². The highest BCUT2D eigenvalue weighted by atomic mass is 35.5. The minimum atomic E-state index is -0.512. The largest absolute Gasteiger partial charge is 0.302 e. The van der Waals surface area contributed by atoms with Crippen LogP contribution in [-0.2, 0) is 5.41 Å². The number of nitro benzene ring substituents is 1. The zero-order valence-corrected chi connectivity index (χ0v) is 20.6. The Morgan fingerprint density at radius 2 is 1.71 bits per heavy atom. The van der Waals surface area contributed by atoms with Crippen molar-refractivity contribution in [2.75, 3.05) is 4.90 Å². The first kappa shape index (κ1) is 22.6. The molecule has 5 nitrogen and oxygen atoms in total. The number of rotatable bonds is 3. The number of thiophene rings is 1. The fraction of sp³-hybridized carbons (Fsp3) is 0.222. The summed E-state index contributed by atoms with van der Waals surface area (Å²) in [6.07, 6.45) is 0.723. The molecule has 0 bridgehead atoms. The van der Waals surface area contributed by atoms with Crippen LogP contribution < -0.4 is 4.90 Å². The Kier molecular flexibility index (Phi) is 5.26. The van der Waals surface area contributed by atoms with Crippen molar-refractivity contribution in [2.45, 2.75) is 38.1 Å². The maximum absolute atomic E-state index is 14.1. The predicted molar refractivity (Wildman–Crippen MR) is 138 cm³/mol. The summed E-state index contributed by atoms with van der Waals surface area (Å²) in [6.45, 7) is 6.39. The Morgan fingerprint density at radius 1 is 1.03 bits per heavy atom. The van der Waals surface area contributed by atoms with E-state index in [9.17, 15) is 14.9 Å². The number of amides is 1. The average Bonchev–Trinajstić information content (AvgIpc) is 3.15. The van der Waals surface area contributed by atoms with E-state index in [1.54, 1.807) is 6.07 Å². The third-order valence-electron chi connectivity index (χ3n) is 6.76. The summed E-state index contributed by atoms with van der Waals surface area (Å²) in [6, 6.07) is 22.9. The van der Waals surface area contributed by atoms with Crippen LogP contribution in [-0.4, -0.2) is 16.4 Å². The number of nitro groups is 1. The summed E-state index contributed by atoms with van der Waals surface area (Å²) in [4.78, 5) is 27.1. The van der Waals surface area contributed by atoms with E-state index in [0.29, 0.717) is 20.0 Å². The monoisotopic (exact) mass is 490 g/mol. The summed E-state index contributed by atoms with van der Waals surface area (Å²) < 4.78 is 0.625. The lowest BCUT2D eigenvalue weighted by Crippen LogP contribution is -2.55. The van der Waals surface area contributed by atoms with E-state index in [0.717, 1.165) is 17.7 Å². The molecule has 34 heavy (non-hydrogen) atoms. The topological polar surface area (TPSA) is 63.5 Å². The minimum Gasteiger partial charge on any atom is -0.302 e. The van der Waals surface area contributed by atoms with Crippen LogP contribution in [0, 0.1) is 10.1 Å². The number of para-hydroxylation sites is 1. The van der Waals surface area contributed by atoms with Crippen LogP contribution in [0.15, 0.2) is 72.8 Å². The van der Waals surface area contributed by atoms with Gasteiger partial charge >= 0.3 is 0 Å². The normalized spacial score (nSPS) is 19.1. The summed E-state index contributed by atoms with van der Waals surface area (Å²) in [7, 11) is 0. The first-order valence-corrected chi connectivity index (χ1v) is 12.2. The van der Waals surface area contributed by atoms with Crippen LogP contribution in [0.25, 0.3) is 10.1 Å². The van der Waals surface area contributed by atoms with Crippen LogP contribution in [0.3, 0.4) is 0 Å². The second kappa shape index (κ2) is 7.93. The number of halogens is 1. The molecule has 7 heteroatoms. The SMILES string of the molecule is CC1(c2ccccc2)CC(C)(C)N(C(=O)c2sc3cc([N+](=O)[O-])ccc3c2Cl)c2ccccc21. The molecule has 4 aromatic rings. The number of non-ortho nitro benzene ring substituents is 1. The molecule has 0 spiro atoms. The summed E-state index contributed by atoms with van der Waals surface area (Å²) in [5, 5.41) is 12.2. The molecule has 1 aliphatic heterocycles. The number of hydrogen-bond acceptors (Lipinski definition) is 4. The predicted octanol–water partition coefficient (Wildman–Crippen LogP) is 7.60. The molecule has 0 radical (unpaired) electrons. The lowest BCUT2D eigenvalue weighted by Gasteiger charge is -2.51. The molecule has 0 aliphatic carbocycles. The second-order valence-corrected chi connectivity index (χ2v) is 11.0. The molecule has 1 aliphatic rings. The minimum absolute atomic E-state index is 0.0216. The first-order valence-electron chi connectivity index (χ1n) is 11.0. The molecule has 1 unspecified atom stereocenters. The molecule has 0 saturated heterocycles. The highest BCUT2D eigenvalue weighted by Gasteiger charge is 2.48. The Balaban J connectivity index is 1.66. The maximum Gasteiger partial charge on any atom is 0.270 e. The van der Waals surface area contributed by atoms with E-state index in [4.69, 9.17) is 11.6 Å². The summed E-state index contributed by atoms with van der Waals surface area (Å²) in [5.74, 6) is -0.193. The van der Waals surface area contributed by atoms with Crippen molar-refractivity contribution in [1.82, 2.24) is 0 Å². The Morgan fingerprint density at radius 3 is 2.41 bits per heavy atom. The molecule has 2 heterocycles. The molecule has 3 aromatic carbocycles. The van der Waals surface area contributed by atoms with E-state index < -0.39 is 10.5 Å². The molecular formula is C27H23ClN2O3S. The number of benzene rings is 3. The van der Waals surface area contributed by atoms with Gasteiger partial charge in [0.05, 0.1) is 9.95 Å². The smallest absolute Gasteiger partial charge is 0.270 e. The summed E-state index contributed by atoms with van der Waals surface area (Å²) >= 11 is 7.87. The van der Waals surface area contributed by atoms with E-state index in [2.05, 4.69) is 39.0 Å². The molecule has 1 aromatic heterocycles. The van der Waals surface area contributed by atoms with Crippen molar-refractivity contribution >= 4 is 50.3 Å². The van der Waals surface area contributed by atoms with Gasteiger partial charge in [0.1, 0.15) is 4.88 Å². The molecule has 0 saturated carbocycles. The number of hydrogen-bond donors (Lipinski definition) is 0. The van der Waals surface area contributed by atoms with E-state index in [1.165, 1.54) is 29.0 Å². The standard InChI is InChI=1S/C27H23ClN2O3S/c1-26(2)16-27(3,17-9-5-4-6-10-17)20-11-7-8-12-21(20)29(26)25(31)24-23(28)19-14-13-18(30(32)33)15-22(19)34-24/h4-15H,16H2,1-3H3. The van der Waals surface area contributed by atoms with Crippen molar-refractivity contribution in [1.29, 1.82) is 0 Å². The number of carbonyl (C=O) groups excluding carboxylic acids is 1. The van der Waals surface area contributed by atoms with Gasteiger partial charge < -0.3 is 4.90 Å². The fourth-order valence-corrected chi connectivity index (χ4v) is 6.83.